The van der Waals surface area contributed by atoms with Crippen LogP contribution in [0.3, 0.4) is 0 Å². The number of hydrogen-bond acceptors (Lipinski definition) is 2. The summed E-state index contributed by atoms with van der Waals surface area (Å²) >= 11 is 0. The van der Waals surface area contributed by atoms with E-state index in [9.17, 15) is 0 Å². The zero-order valence-corrected chi connectivity index (χ0v) is 9.11. The molecule has 1 heterocycles. The summed E-state index contributed by atoms with van der Waals surface area (Å²) in [5.41, 5.74) is 4.46. The van der Waals surface area contributed by atoms with Crippen molar-refractivity contribution >= 4 is 10.9 Å². The molecule has 0 radical (unpaired) electrons. The lowest BCUT2D eigenvalue weighted by Gasteiger charge is -2.06. The van der Waals surface area contributed by atoms with Crippen molar-refractivity contribution in [2.24, 2.45) is 0 Å². The lowest BCUT2D eigenvalue weighted by molar-refractivity contribution is 0.678. The Balaban J connectivity index is 2.02. The van der Waals surface area contributed by atoms with Gasteiger partial charge in [0.05, 0.1) is 11.7 Å². The maximum absolute atomic E-state index is 4.30. The molecule has 0 aliphatic heterocycles. The van der Waals surface area contributed by atoms with Crippen LogP contribution in [0.1, 0.15) is 26.2 Å². The fourth-order valence-electron chi connectivity index (χ4n) is 1.66. The third-order valence-corrected chi connectivity index (χ3v) is 2.52. The fraction of sp³-hybridized carbons (Fsp3) is 0.417. The second kappa shape index (κ2) is 4.82. The third-order valence-electron chi connectivity index (χ3n) is 2.52. The lowest BCUT2D eigenvalue weighted by atomic mass is 10.2. The van der Waals surface area contributed by atoms with Crippen molar-refractivity contribution in [3.8, 4) is 0 Å². The van der Waals surface area contributed by atoms with Crippen molar-refractivity contribution in [2.45, 2.75) is 26.2 Å². The van der Waals surface area contributed by atoms with E-state index in [1.807, 2.05) is 23.1 Å². The summed E-state index contributed by atoms with van der Waals surface area (Å²) in [6.07, 6.45) is 5.61. The van der Waals surface area contributed by atoms with Gasteiger partial charge in [0.25, 0.3) is 0 Å². The van der Waals surface area contributed by atoms with E-state index in [0.29, 0.717) is 0 Å². The Morgan fingerprint density at radius 1 is 1.27 bits per heavy atom. The van der Waals surface area contributed by atoms with Crippen LogP contribution in [0.5, 0.6) is 0 Å². The predicted octanol–water partition coefficient (Wildman–Crippen LogP) is 2.77. The van der Waals surface area contributed by atoms with Gasteiger partial charge in [0.15, 0.2) is 0 Å². The molecule has 3 nitrogen and oxygen atoms in total. The van der Waals surface area contributed by atoms with Crippen LogP contribution < -0.4 is 5.43 Å². The number of para-hydroxylation sites is 1. The summed E-state index contributed by atoms with van der Waals surface area (Å²) in [6, 6.07) is 8.22. The Bertz CT molecular complexity index is 419. The summed E-state index contributed by atoms with van der Waals surface area (Å²) in [4.78, 5) is 1.87. The molecule has 15 heavy (non-hydrogen) atoms. The van der Waals surface area contributed by atoms with Crippen molar-refractivity contribution in [3.05, 3.63) is 30.5 Å². The third kappa shape index (κ3) is 2.29. The molecule has 1 aromatic carbocycles. The van der Waals surface area contributed by atoms with E-state index in [2.05, 4.69) is 29.6 Å². The van der Waals surface area contributed by atoms with Gasteiger partial charge in [-0.3, -0.25) is 0 Å². The first kappa shape index (κ1) is 10.0. The highest BCUT2D eigenvalue weighted by atomic mass is 15.5. The van der Waals surface area contributed by atoms with Crippen LogP contribution in [0.15, 0.2) is 30.5 Å². The molecule has 0 amide bonds. The van der Waals surface area contributed by atoms with Gasteiger partial charge in [-0.15, -0.1) is 0 Å². The van der Waals surface area contributed by atoms with Gasteiger partial charge in [0.2, 0.25) is 0 Å². The number of benzene rings is 1. The maximum atomic E-state index is 4.30. The molecule has 0 atom stereocenters. The minimum atomic E-state index is 0.986. The van der Waals surface area contributed by atoms with Gasteiger partial charge >= 0.3 is 0 Å². The molecular formula is C12H17N3. The van der Waals surface area contributed by atoms with Crippen molar-refractivity contribution in [1.82, 2.24) is 9.89 Å². The van der Waals surface area contributed by atoms with Gasteiger partial charge in [0, 0.05) is 11.9 Å². The van der Waals surface area contributed by atoms with Gasteiger partial charge in [-0.25, -0.2) is 0 Å². The summed E-state index contributed by atoms with van der Waals surface area (Å²) in [5.74, 6) is 0. The first-order chi connectivity index (χ1) is 7.42. The summed E-state index contributed by atoms with van der Waals surface area (Å²) in [7, 11) is 0. The number of hydrogen-bond donors (Lipinski definition) is 1. The number of nitrogens with zero attached hydrogens (tertiary/aromatic N) is 2. The quantitative estimate of drug-likeness (QED) is 0.757. The van der Waals surface area contributed by atoms with Crippen molar-refractivity contribution < 1.29 is 0 Å². The van der Waals surface area contributed by atoms with Crippen LogP contribution >= 0.6 is 0 Å². The molecule has 0 aliphatic rings. The fourth-order valence-corrected chi connectivity index (χ4v) is 1.66. The molecule has 0 aliphatic carbocycles. The van der Waals surface area contributed by atoms with E-state index in [-0.39, 0.29) is 0 Å². The lowest BCUT2D eigenvalue weighted by Crippen LogP contribution is -2.16. The van der Waals surface area contributed by atoms with Crippen LogP contribution in [-0.2, 0) is 0 Å². The topological polar surface area (TPSA) is 29.9 Å². The van der Waals surface area contributed by atoms with Crippen LogP contribution in [-0.4, -0.2) is 16.4 Å². The second-order valence-corrected chi connectivity index (χ2v) is 3.73. The van der Waals surface area contributed by atoms with Crippen molar-refractivity contribution in [2.75, 3.05) is 12.0 Å². The van der Waals surface area contributed by atoms with E-state index in [4.69, 9.17) is 0 Å². The molecule has 2 rings (SSSR count). The molecule has 0 saturated carbocycles. The Hall–Kier alpha value is -1.51. The van der Waals surface area contributed by atoms with Gasteiger partial charge in [-0.05, 0) is 12.5 Å². The van der Waals surface area contributed by atoms with Gasteiger partial charge in [-0.1, -0.05) is 38.0 Å². The summed E-state index contributed by atoms with van der Waals surface area (Å²) in [6.45, 7) is 3.20. The van der Waals surface area contributed by atoms with Crippen molar-refractivity contribution in [3.63, 3.8) is 0 Å². The predicted molar refractivity (Wildman–Crippen MR) is 63.5 cm³/mol. The Labute approximate surface area is 90.1 Å². The smallest absolute Gasteiger partial charge is 0.0918 e. The standard InChI is InChI=1S/C12H17N3/c1-2-3-6-9-13-15-12-8-5-4-7-11(12)10-14-15/h4-5,7-8,10,13H,2-3,6,9H2,1H3. The van der Waals surface area contributed by atoms with Crippen LogP contribution in [0.25, 0.3) is 10.9 Å². The molecule has 0 bridgehead atoms. The highest BCUT2D eigenvalue weighted by Crippen LogP contribution is 2.10. The number of nitrogens with one attached hydrogen (secondary N) is 1. The average molecular weight is 203 g/mol. The second-order valence-electron chi connectivity index (χ2n) is 3.73. The van der Waals surface area contributed by atoms with Crippen molar-refractivity contribution in [1.29, 1.82) is 0 Å². The zero-order valence-electron chi connectivity index (χ0n) is 9.11. The van der Waals surface area contributed by atoms with E-state index < -0.39 is 0 Å². The molecule has 0 saturated heterocycles. The van der Waals surface area contributed by atoms with Gasteiger partial charge in [0.1, 0.15) is 0 Å². The van der Waals surface area contributed by atoms with E-state index in [1.165, 1.54) is 24.6 Å². The van der Waals surface area contributed by atoms with Crippen LogP contribution in [0, 0.1) is 0 Å². The first-order valence-corrected chi connectivity index (χ1v) is 5.58. The number of rotatable bonds is 5. The number of unbranched alkanes of at least 4 members (excludes halogenated alkanes) is 2. The normalized spacial score (nSPS) is 10.7. The summed E-state index contributed by atoms with van der Waals surface area (Å²) in [5, 5.41) is 5.48. The Kier molecular flexibility index (Phi) is 3.22. The van der Waals surface area contributed by atoms with E-state index in [1.54, 1.807) is 0 Å². The van der Waals surface area contributed by atoms with Crippen LogP contribution in [0.4, 0.5) is 0 Å². The molecule has 0 unspecified atom stereocenters. The largest absolute Gasteiger partial charge is 0.309 e. The molecular weight excluding hydrogens is 186 g/mol. The maximum Gasteiger partial charge on any atom is 0.0918 e. The molecule has 0 fully saturated rings. The van der Waals surface area contributed by atoms with Crippen LogP contribution in [0.2, 0.25) is 0 Å². The van der Waals surface area contributed by atoms with E-state index >= 15 is 0 Å². The molecule has 1 aromatic heterocycles. The molecule has 2 aromatic rings. The van der Waals surface area contributed by atoms with E-state index in [0.717, 1.165) is 12.1 Å². The van der Waals surface area contributed by atoms with Gasteiger partial charge in [-0.2, -0.15) is 9.89 Å². The molecule has 3 heteroatoms. The highest BCUT2D eigenvalue weighted by Gasteiger charge is 1.99. The number of aromatic nitrogens is 2. The Morgan fingerprint density at radius 3 is 3.00 bits per heavy atom. The minimum absolute atomic E-state index is 0.986. The minimum Gasteiger partial charge on any atom is -0.309 e. The SMILES string of the molecule is CCCCCNn1ncc2ccccc21. The number of fused-ring (bicyclic) bond motifs is 1. The zero-order chi connectivity index (χ0) is 10.5. The van der Waals surface area contributed by atoms with Gasteiger partial charge < -0.3 is 5.43 Å². The first-order valence-electron chi connectivity index (χ1n) is 5.58. The molecule has 80 valence electrons. The molecule has 0 spiro atoms. The average Bonchev–Trinajstić information content (AvgIpc) is 2.68. The monoisotopic (exact) mass is 203 g/mol. The Morgan fingerprint density at radius 2 is 2.13 bits per heavy atom. The summed E-state index contributed by atoms with van der Waals surface area (Å²) < 4.78 is 0. The highest BCUT2D eigenvalue weighted by molar-refractivity contribution is 5.78. The molecule has 1 N–H and O–H groups in total.